The minimum absolute atomic E-state index is 0.281. The first-order valence-electron chi connectivity index (χ1n) is 7.49. The fourth-order valence-corrected chi connectivity index (χ4v) is 3.08. The molecule has 0 unspecified atom stereocenters. The summed E-state index contributed by atoms with van der Waals surface area (Å²) in [6, 6.07) is 3.26. The lowest BCUT2D eigenvalue weighted by atomic mass is 10.2. The Bertz CT molecular complexity index is 1110. The SMILES string of the molecule is COc1cc(/C=N\NC(=O)Cn2c([N+](=O)[O-])cnc2C)cc2sc(=O)oc12. The molecule has 0 atom stereocenters. The maximum Gasteiger partial charge on any atom is 0.396 e. The number of benzene rings is 1. The standard InChI is InChI=1S/C15H13N5O6S/c1-8-16-6-13(20(23)24)19(8)7-12(21)18-17-5-9-3-10(25-2)14-11(4-9)27-15(22)26-14/h3-6H,7H2,1-2H3,(H,18,21)/b17-5-. The number of imidazole rings is 1. The molecule has 0 aliphatic rings. The number of ether oxygens (including phenoxy) is 1. The predicted octanol–water partition coefficient (Wildman–Crippen LogP) is 1.43. The van der Waals surface area contributed by atoms with Crippen LogP contribution in [0.2, 0.25) is 0 Å². The number of nitrogens with zero attached hydrogens (tertiary/aromatic N) is 4. The van der Waals surface area contributed by atoms with E-state index >= 15 is 0 Å². The summed E-state index contributed by atoms with van der Waals surface area (Å²) in [7, 11) is 1.44. The average Bonchev–Trinajstić information content (AvgIpc) is 3.16. The number of rotatable bonds is 6. The Balaban J connectivity index is 1.73. The highest BCUT2D eigenvalue weighted by Gasteiger charge is 2.19. The molecule has 3 rings (SSSR count). The fraction of sp³-hybridized carbons (Fsp3) is 0.200. The predicted molar refractivity (Wildman–Crippen MR) is 96.3 cm³/mol. The normalized spacial score (nSPS) is 11.2. The van der Waals surface area contributed by atoms with Gasteiger partial charge in [0.25, 0.3) is 5.91 Å². The van der Waals surface area contributed by atoms with Crippen molar-refractivity contribution in [3.8, 4) is 5.75 Å². The monoisotopic (exact) mass is 391 g/mol. The molecule has 0 aliphatic carbocycles. The molecule has 1 amide bonds. The van der Waals surface area contributed by atoms with Crippen molar-refractivity contribution < 1.29 is 18.9 Å². The maximum absolute atomic E-state index is 12.0. The Kier molecular flexibility index (Phi) is 4.98. The number of aromatic nitrogens is 2. The number of hydrogen-bond acceptors (Lipinski definition) is 9. The van der Waals surface area contributed by atoms with Crippen molar-refractivity contribution in [1.82, 2.24) is 15.0 Å². The first kappa shape index (κ1) is 18.3. The van der Waals surface area contributed by atoms with E-state index in [9.17, 15) is 19.7 Å². The second kappa shape index (κ2) is 7.37. The van der Waals surface area contributed by atoms with Gasteiger partial charge >= 0.3 is 10.8 Å². The molecule has 1 N–H and O–H groups in total. The van der Waals surface area contributed by atoms with Gasteiger partial charge in [-0.15, -0.1) is 0 Å². The largest absolute Gasteiger partial charge is 0.493 e. The first-order chi connectivity index (χ1) is 12.9. The van der Waals surface area contributed by atoms with Gasteiger partial charge in [0.15, 0.2) is 23.7 Å². The number of carbonyl (C=O) groups is 1. The van der Waals surface area contributed by atoms with Crippen LogP contribution in [0.5, 0.6) is 5.75 Å². The van der Waals surface area contributed by atoms with E-state index in [-0.39, 0.29) is 12.4 Å². The summed E-state index contributed by atoms with van der Waals surface area (Å²) < 4.78 is 12.0. The van der Waals surface area contributed by atoms with E-state index in [2.05, 4.69) is 15.5 Å². The van der Waals surface area contributed by atoms with E-state index < -0.39 is 15.8 Å². The lowest BCUT2D eigenvalue weighted by molar-refractivity contribution is -0.392. The van der Waals surface area contributed by atoms with Gasteiger partial charge in [-0.25, -0.2) is 19.8 Å². The number of nitro groups is 1. The number of fused-ring (bicyclic) bond motifs is 1. The molecule has 1 aromatic carbocycles. The molecule has 2 aromatic heterocycles. The summed E-state index contributed by atoms with van der Waals surface area (Å²) in [6.45, 7) is 1.26. The fourth-order valence-electron chi connectivity index (χ4n) is 2.35. The van der Waals surface area contributed by atoms with Gasteiger partial charge in [0.2, 0.25) is 0 Å². The van der Waals surface area contributed by atoms with Crippen molar-refractivity contribution in [2.45, 2.75) is 13.5 Å². The molecule has 0 aliphatic heterocycles. The third kappa shape index (κ3) is 3.84. The molecule has 0 fully saturated rings. The van der Waals surface area contributed by atoms with Crippen molar-refractivity contribution in [3.63, 3.8) is 0 Å². The molecular weight excluding hydrogens is 378 g/mol. The molecule has 0 bridgehead atoms. The van der Waals surface area contributed by atoms with Crippen LogP contribution >= 0.6 is 11.3 Å². The number of methoxy groups -OCH3 is 1. The van der Waals surface area contributed by atoms with Crippen molar-refractivity contribution in [2.75, 3.05) is 7.11 Å². The minimum atomic E-state index is -0.617. The molecule has 3 aromatic rings. The maximum atomic E-state index is 12.0. The Labute approximate surface area is 155 Å². The van der Waals surface area contributed by atoms with Gasteiger partial charge in [-0.05, 0) is 22.6 Å². The second-order valence-electron chi connectivity index (χ2n) is 5.30. The third-order valence-corrected chi connectivity index (χ3v) is 4.34. The Morgan fingerprint density at radius 3 is 3.04 bits per heavy atom. The molecule has 27 heavy (non-hydrogen) atoms. The van der Waals surface area contributed by atoms with Gasteiger partial charge < -0.3 is 19.3 Å². The van der Waals surface area contributed by atoms with Crippen LogP contribution in [0.25, 0.3) is 10.3 Å². The molecule has 0 radical (unpaired) electrons. The van der Waals surface area contributed by atoms with E-state index in [1.165, 1.54) is 17.9 Å². The number of nitrogens with one attached hydrogen (secondary N) is 1. The topological polar surface area (TPSA) is 142 Å². The number of aryl methyl sites for hydroxylation is 1. The van der Waals surface area contributed by atoms with Gasteiger partial charge in [0.1, 0.15) is 6.20 Å². The van der Waals surface area contributed by atoms with Crippen LogP contribution < -0.4 is 15.1 Å². The highest BCUT2D eigenvalue weighted by Crippen LogP contribution is 2.28. The van der Waals surface area contributed by atoms with E-state index in [0.29, 0.717) is 27.4 Å². The zero-order chi connectivity index (χ0) is 19.6. The van der Waals surface area contributed by atoms with Crippen LogP contribution in [-0.4, -0.2) is 33.7 Å². The lowest BCUT2D eigenvalue weighted by Crippen LogP contribution is -2.24. The van der Waals surface area contributed by atoms with Crippen LogP contribution in [0.1, 0.15) is 11.4 Å². The van der Waals surface area contributed by atoms with Crippen LogP contribution in [0, 0.1) is 17.0 Å². The summed E-state index contributed by atoms with van der Waals surface area (Å²) in [4.78, 5) is 37.0. The van der Waals surface area contributed by atoms with E-state index in [1.54, 1.807) is 19.1 Å². The molecule has 140 valence electrons. The average molecular weight is 391 g/mol. The molecule has 2 heterocycles. The molecule has 12 heteroatoms. The second-order valence-corrected chi connectivity index (χ2v) is 6.28. The zero-order valence-electron chi connectivity index (χ0n) is 14.2. The Morgan fingerprint density at radius 2 is 2.33 bits per heavy atom. The number of hydrogen-bond donors (Lipinski definition) is 1. The van der Waals surface area contributed by atoms with Crippen molar-refractivity contribution >= 4 is 39.6 Å². The molecule has 11 nitrogen and oxygen atoms in total. The Morgan fingerprint density at radius 1 is 1.56 bits per heavy atom. The lowest BCUT2D eigenvalue weighted by Gasteiger charge is -2.03. The van der Waals surface area contributed by atoms with E-state index in [0.717, 1.165) is 17.5 Å². The summed E-state index contributed by atoms with van der Waals surface area (Å²) in [6.07, 6.45) is 2.45. The van der Waals surface area contributed by atoms with Crippen LogP contribution in [0.15, 0.2) is 32.6 Å². The van der Waals surface area contributed by atoms with Gasteiger partial charge in [-0.2, -0.15) is 5.10 Å². The van der Waals surface area contributed by atoms with Crippen LogP contribution in [0.3, 0.4) is 0 Å². The van der Waals surface area contributed by atoms with Crippen molar-refractivity contribution in [1.29, 1.82) is 0 Å². The van der Waals surface area contributed by atoms with Crippen LogP contribution in [-0.2, 0) is 11.3 Å². The van der Waals surface area contributed by atoms with Gasteiger partial charge in [-0.1, -0.05) is 11.3 Å². The summed E-state index contributed by atoms with van der Waals surface area (Å²) in [5.74, 6) is -0.137. The van der Waals surface area contributed by atoms with E-state index in [1.807, 2.05) is 0 Å². The van der Waals surface area contributed by atoms with Crippen LogP contribution in [0.4, 0.5) is 5.82 Å². The number of hydrazone groups is 1. The van der Waals surface area contributed by atoms with Gasteiger partial charge in [0, 0.05) is 6.92 Å². The first-order valence-corrected chi connectivity index (χ1v) is 8.31. The van der Waals surface area contributed by atoms with Crippen molar-refractivity contribution in [3.05, 3.63) is 49.6 Å². The highest BCUT2D eigenvalue weighted by atomic mass is 32.1. The molecule has 0 saturated heterocycles. The van der Waals surface area contributed by atoms with Gasteiger partial charge in [-0.3, -0.25) is 4.79 Å². The molecule has 0 saturated carbocycles. The molecular formula is C15H13N5O6S. The summed E-state index contributed by atoms with van der Waals surface area (Å²) in [5.41, 5.74) is 3.21. The third-order valence-electron chi connectivity index (χ3n) is 3.57. The summed E-state index contributed by atoms with van der Waals surface area (Å²) >= 11 is 0.919. The number of amides is 1. The zero-order valence-corrected chi connectivity index (χ0v) is 15.0. The highest BCUT2D eigenvalue weighted by molar-refractivity contribution is 7.16. The Hall–Kier alpha value is -3.54. The minimum Gasteiger partial charge on any atom is -0.493 e. The smallest absolute Gasteiger partial charge is 0.396 e. The van der Waals surface area contributed by atoms with E-state index in [4.69, 9.17) is 9.15 Å². The van der Waals surface area contributed by atoms with Gasteiger partial charge in [0.05, 0.1) is 18.0 Å². The van der Waals surface area contributed by atoms with Crippen molar-refractivity contribution in [2.24, 2.45) is 5.10 Å². The quantitative estimate of drug-likeness (QED) is 0.380. The summed E-state index contributed by atoms with van der Waals surface area (Å²) in [5, 5.41) is 14.8. The number of carbonyl (C=O) groups excluding carboxylic acids is 1. The molecule has 0 spiro atoms.